The first kappa shape index (κ1) is 18.3. The number of hydrogen-bond acceptors (Lipinski definition) is 4. The van der Waals surface area contributed by atoms with Crippen molar-refractivity contribution in [3.05, 3.63) is 29.8 Å². The molecule has 0 radical (unpaired) electrons. The lowest BCUT2D eigenvalue weighted by atomic mass is 10.0. The van der Waals surface area contributed by atoms with E-state index < -0.39 is 11.6 Å². The van der Waals surface area contributed by atoms with E-state index in [1.165, 1.54) is 7.11 Å². The molecule has 6 nitrogen and oxygen atoms in total. The van der Waals surface area contributed by atoms with Gasteiger partial charge in [0.1, 0.15) is 24.5 Å². The SMILES string of the molecule is COCC(=O)N1C[C@H](C)Oc2ccccc2[C@@H]1C(=O)NC(C)(C)C. The van der Waals surface area contributed by atoms with Crippen LogP contribution in [0.3, 0.4) is 0 Å². The van der Waals surface area contributed by atoms with Crippen LogP contribution in [-0.4, -0.2) is 48.6 Å². The molecule has 0 fully saturated rings. The lowest BCUT2D eigenvalue weighted by molar-refractivity contribution is -0.144. The van der Waals surface area contributed by atoms with Gasteiger partial charge >= 0.3 is 0 Å². The van der Waals surface area contributed by atoms with Crippen molar-refractivity contribution in [3.8, 4) is 5.75 Å². The quantitative estimate of drug-likeness (QED) is 0.917. The van der Waals surface area contributed by atoms with E-state index in [4.69, 9.17) is 9.47 Å². The summed E-state index contributed by atoms with van der Waals surface area (Å²) in [5.41, 5.74) is 0.286. The Morgan fingerprint density at radius 2 is 2.00 bits per heavy atom. The van der Waals surface area contributed by atoms with Gasteiger partial charge in [-0.05, 0) is 33.8 Å². The first-order valence-electron chi connectivity index (χ1n) is 8.09. The summed E-state index contributed by atoms with van der Waals surface area (Å²) in [6.45, 7) is 7.86. The van der Waals surface area contributed by atoms with Gasteiger partial charge in [-0.2, -0.15) is 0 Å². The van der Waals surface area contributed by atoms with Gasteiger partial charge < -0.3 is 19.7 Å². The van der Waals surface area contributed by atoms with Gasteiger partial charge in [0.15, 0.2) is 0 Å². The van der Waals surface area contributed by atoms with E-state index in [-0.39, 0.29) is 24.5 Å². The van der Waals surface area contributed by atoms with E-state index in [0.29, 0.717) is 17.9 Å². The van der Waals surface area contributed by atoms with Crippen LogP contribution in [-0.2, 0) is 14.3 Å². The fourth-order valence-corrected chi connectivity index (χ4v) is 2.79. The van der Waals surface area contributed by atoms with Crippen LogP contribution in [0.5, 0.6) is 5.75 Å². The van der Waals surface area contributed by atoms with Crippen LogP contribution in [0, 0.1) is 0 Å². The number of benzene rings is 1. The number of para-hydroxylation sites is 1. The zero-order valence-electron chi connectivity index (χ0n) is 15.0. The van der Waals surface area contributed by atoms with Crippen LogP contribution < -0.4 is 10.1 Å². The molecule has 0 aromatic heterocycles. The Bertz CT molecular complexity index is 609. The standard InChI is InChI=1S/C18H26N2O4/c1-12-10-20(15(21)11-23-5)16(17(22)19-18(2,3)4)13-8-6-7-9-14(13)24-12/h6-9,12,16H,10-11H2,1-5H3,(H,19,22)/t12-,16+/m0/s1. The number of rotatable bonds is 3. The summed E-state index contributed by atoms with van der Waals surface area (Å²) in [4.78, 5) is 27.0. The molecular weight excluding hydrogens is 308 g/mol. The molecule has 1 aromatic rings. The highest BCUT2D eigenvalue weighted by Gasteiger charge is 2.38. The molecule has 0 aliphatic carbocycles. The maximum absolute atomic E-state index is 13.0. The Hall–Kier alpha value is -2.08. The first-order valence-corrected chi connectivity index (χ1v) is 8.09. The molecule has 0 unspecified atom stereocenters. The molecule has 2 rings (SSSR count). The van der Waals surface area contributed by atoms with E-state index in [1.807, 2.05) is 52.0 Å². The molecule has 0 saturated carbocycles. The number of nitrogens with zero attached hydrogens (tertiary/aromatic N) is 1. The summed E-state index contributed by atoms with van der Waals surface area (Å²) in [5, 5.41) is 2.97. The molecule has 132 valence electrons. The van der Waals surface area contributed by atoms with Crippen molar-refractivity contribution in [2.45, 2.75) is 45.4 Å². The van der Waals surface area contributed by atoms with Crippen molar-refractivity contribution in [1.82, 2.24) is 10.2 Å². The minimum absolute atomic E-state index is 0.0752. The maximum Gasteiger partial charge on any atom is 0.249 e. The Labute approximate surface area is 143 Å². The van der Waals surface area contributed by atoms with Crippen LogP contribution in [0.25, 0.3) is 0 Å². The minimum atomic E-state index is -0.743. The lowest BCUT2D eigenvalue weighted by Gasteiger charge is -2.32. The summed E-state index contributed by atoms with van der Waals surface area (Å²) in [6.07, 6.45) is -0.223. The van der Waals surface area contributed by atoms with Crippen LogP contribution in [0.15, 0.2) is 24.3 Å². The highest BCUT2D eigenvalue weighted by molar-refractivity contribution is 5.90. The van der Waals surface area contributed by atoms with Crippen LogP contribution in [0.2, 0.25) is 0 Å². The smallest absolute Gasteiger partial charge is 0.249 e. The number of ether oxygens (including phenoxy) is 2. The molecule has 6 heteroatoms. The van der Waals surface area contributed by atoms with Gasteiger partial charge in [-0.3, -0.25) is 9.59 Å². The predicted octanol–water partition coefficient (Wildman–Crippen LogP) is 1.90. The molecular formula is C18H26N2O4. The normalized spacial score (nSPS) is 20.6. The number of methoxy groups -OCH3 is 1. The van der Waals surface area contributed by atoms with Crippen molar-refractivity contribution in [2.24, 2.45) is 0 Å². The third kappa shape index (κ3) is 4.26. The van der Waals surface area contributed by atoms with Crippen molar-refractivity contribution >= 4 is 11.8 Å². The molecule has 2 atom stereocenters. The van der Waals surface area contributed by atoms with Crippen LogP contribution >= 0.6 is 0 Å². The Morgan fingerprint density at radius 3 is 2.62 bits per heavy atom. The third-order valence-electron chi connectivity index (χ3n) is 3.64. The molecule has 1 heterocycles. The molecule has 1 aliphatic rings. The van der Waals surface area contributed by atoms with Crippen molar-refractivity contribution in [3.63, 3.8) is 0 Å². The van der Waals surface area contributed by atoms with Gasteiger partial charge in [-0.15, -0.1) is 0 Å². The average molecular weight is 334 g/mol. The Morgan fingerprint density at radius 1 is 1.33 bits per heavy atom. The summed E-state index contributed by atoms with van der Waals surface area (Å²) >= 11 is 0. The topological polar surface area (TPSA) is 67.9 Å². The highest BCUT2D eigenvalue weighted by atomic mass is 16.5. The van der Waals surface area contributed by atoms with E-state index >= 15 is 0 Å². The van der Waals surface area contributed by atoms with Crippen molar-refractivity contribution < 1.29 is 19.1 Å². The molecule has 2 amide bonds. The Balaban J connectivity index is 2.47. The second-order valence-electron chi connectivity index (χ2n) is 7.09. The first-order chi connectivity index (χ1) is 11.2. The lowest BCUT2D eigenvalue weighted by Crippen LogP contribution is -2.50. The second-order valence-corrected chi connectivity index (χ2v) is 7.09. The van der Waals surface area contributed by atoms with Crippen molar-refractivity contribution in [2.75, 3.05) is 20.3 Å². The summed E-state index contributed by atoms with van der Waals surface area (Å²) in [7, 11) is 1.47. The van der Waals surface area contributed by atoms with Gasteiger partial charge in [0.05, 0.1) is 6.54 Å². The fraction of sp³-hybridized carbons (Fsp3) is 0.556. The van der Waals surface area contributed by atoms with E-state index in [9.17, 15) is 9.59 Å². The second kappa shape index (κ2) is 7.21. The Kier molecular flexibility index (Phi) is 5.49. The molecule has 0 bridgehead atoms. The van der Waals surface area contributed by atoms with E-state index in [1.54, 1.807) is 4.90 Å². The van der Waals surface area contributed by atoms with Gasteiger partial charge in [0, 0.05) is 18.2 Å². The molecule has 24 heavy (non-hydrogen) atoms. The molecule has 1 aromatic carbocycles. The fourth-order valence-electron chi connectivity index (χ4n) is 2.79. The molecule has 1 aliphatic heterocycles. The third-order valence-corrected chi connectivity index (χ3v) is 3.64. The summed E-state index contributed by atoms with van der Waals surface area (Å²) < 4.78 is 10.9. The predicted molar refractivity (Wildman–Crippen MR) is 90.8 cm³/mol. The minimum Gasteiger partial charge on any atom is -0.488 e. The maximum atomic E-state index is 13.0. The van der Waals surface area contributed by atoms with Gasteiger partial charge in [-0.25, -0.2) is 0 Å². The molecule has 0 saturated heterocycles. The summed E-state index contributed by atoms with van der Waals surface area (Å²) in [5.74, 6) is 0.169. The van der Waals surface area contributed by atoms with Gasteiger partial charge in [0.2, 0.25) is 11.8 Å². The largest absolute Gasteiger partial charge is 0.488 e. The highest BCUT2D eigenvalue weighted by Crippen LogP contribution is 2.34. The van der Waals surface area contributed by atoms with E-state index in [2.05, 4.69) is 5.32 Å². The molecule has 1 N–H and O–H groups in total. The number of amides is 2. The zero-order chi connectivity index (χ0) is 17.9. The monoisotopic (exact) mass is 334 g/mol. The van der Waals surface area contributed by atoms with Crippen LogP contribution in [0.4, 0.5) is 0 Å². The van der Waals surface area contributed by atoms with Crippen LogP contribution in [0.1, 0.15) is 39.3 Å². The summed E-state index contributed by atoms with van der Waals surface area (Å²) in [6, 6.07) is 6.61. The average Bonchev–Trinajstić information content (AvgIpc) is 2.61. The molecule has 0 spiro atoms. The van der Waals surface area contributed by atoms with Gasteiger partial charge in [-0.1, -0.05) is 18.2 Å². The number of fused-ring (bicyclic) bond motifs is 1. The van der Waals surface area contributed by atoms with E-state index in [0.717, 1.165) is 0 Å². The van der Waals surface area contributed by atoms with Crippen molar-refractivity contribution in [1.29, 1.82) is 0 Å². The zero-order valence-corrected chi connectivity index (χ0v) is 15.0. The van der Waals surface area contributed by atoms with Gasteiger partial charge in [0.25, 0.3) is 0 Å². The number of hydrogen-bond donors (Lipinski definition) is 1. The number of carbonyl (C=O) groups is 2. The number of nitrogens with one attached hydrogen (secondary N) is 1. The number of carbonyl (C=O) groups excluding carboxylic acids is 2.